The molecule has 1 N–H and O–H groups in total. The molecule has 0 bridgehead atoms. The largest absolute Gasteiger partial charge is 0.479 e. The second-order valence-electron chi connectivity index (χ2n) is 6.95. The highest BCUT2D eigenvalue weighted by Gasteiger charge is 2.18. The highest BCUT2D eigenvalue weighted by Crippen LogP contribution is 2.29. The molecule has 4 rings (SSSR count). The Morgan fingerprint density at radius 2 is 1.74 bits per heavy atom. The average molecular weight is 459 g/mol. The van der Waals surface area contributed by atoms with E-state index in [0.29, 0.717) is 38.2 Å². The Hall–Kier alpha value is -3.16. The summed E-state index contributed by atoms with van der Waals surface area (Å²) < 4.78 is 18.8. The topological polar surface area (TPSA) is 69.0 Å². The van der Waals surface area contributed by atoms with E-state index < -0.39 is 6.10 Å². The number of amides is 1. The zero-order chi connectivity index (χ0) is 22.1. The van der Waals surface area contributed by atoms with Crippen molar-refractivity contribution in [3.8, 4) is 11.4 Å². The van der Waals surface area contributed by atoms with Crippen LogP contribution in [0.15, 0.2) is 54.6 Å². The maximum Gasteiger partial charge on any atom is 0.265 e. The van der Waals surface area contributed by atoms with Gasteiger partial charge in [0, 0.05) is 10.7 Å². The van der Waals surface area contributed by atoms with Crippen molar-refractivity contribution in [2.75, 3.05) is 5.32 Å². The van der Waals surface area contributed by atoms with Gasteiger partial charge in [-0.05, 0) is 74.0 Å². The molecule has 0 fully saturated rings. The van der Waals surface area contributed by atoms with E-state index in [1.54, 1.807) is 43.3 Å². The lowest BCUT2D eigenvalue weighted by molar-refractivity contribution is -0.122. The van der Waals surface area contributed by atoms with E-state index in [4.69, 9.17) is 27.9 Å². The van der Waals surface area contributed by atoms with Crippen LogP contribution in [0.3, 0.4) is 0 Å². The van der Waals surface area contributed by atoms with Crippen LogP contribution in [0.1, 0.15) is 12.5 Å². The van der Waals surface area contributed by atoms with Gasteiger partial charge < -0.3 is 10.1 Å². The number of aromatic nitrogens is 3. The summed E-state index contributed by atoms with van der Waals surface area (Å²) in [6.07, 6.45) is -0.802. The summed E-state index contributed by atoms with van der Waals surface area (Å²) in [6.45, 7) is 3.48. The van der Waals surface area contributed by atoms with E-state index in [1.165, 1.54) is 16.9 Å². The van der Waals surface area contributed by atoms with Crippen LogP contribution in [0.25, 0.3) is 16.7 Å². The number of nitrogens with zero attached hydrogens (tertiary/aromatic N) is 3. The summed E-state index contributed by atoms with van der Waals surface area (Å²) >= 11 is 12.0. The first-order valence-corrected chi connectivity index (χ1v) is 10.1. The Morgan fingerprint density at radius 1 is 1.06 bits per heavy atom. The molecule has 1 heterocycles. The molecule has 0 unspecified atom stereocenters. The third-order valence-electron chi connectivity index (χ3n) is 4.61. The van der Waals surface area contributed by atoms with Gasteiger partial charge in [-0.3, -0.25) is 4.79 Å². The normalized spacial score (nSPS) is 12.0. The molecule has 0 saturated heterocycles. The van der Waals surface area contributed by atoms with E-state index in [9.17, 15) is 9.18 Å². The standard InChI is InChI=1S/C22H17Cl2FN4O2/c1-12-9-19-20(28-29(27-19)16-6-4-15(25)5-7-16)11-18(12)26-22(30)13(2)31-21-8-3-14(23)10-17(21)24/h3-11,13H,1-2H3,(H,26,30)/t13-/m0/s1. The molecule has 0 radical (unpaired) electrons. The monoisotopic (exact) mass is 458 g/mol. The molecule has 1 aromatic heterocycles. The van der Waals surface area contributed by atoms with Gasteiger partial charge in [0.25, 0.3) is 5.91 Å². The van der Waals surface area contributed by atoms with Crippen LogP contribution in [0.5, 0.6) is 5.75 Å². The Morgan fingerprint density at radius 3 is 2.42 bits per heavy atom. The van der Waals surface area contributed by atoms with Crippen LogP contribution in [-0.2, 0) is 4.79 Å². The van der Waals surface area contributed by atoms with Crippen molar-refractivity contribution < 1.29 is 13.9 Å². The van der Waals surface area contributed by atoms with E-state index in [0.717, 1.165) is 5.56 Å². The Labute approximate surface area is 187 Å². The van der Waals surface area contributed by atoms with E-state index in [2.05, 4.69) is 15.5 Å². The lowest BCUT2D eigenvalue weighted by Gasteiger charge is -2.16. The molecular formula is C22H17Cl2FN4O2. The SMILES string of the molecule is Cc1cc2nn(-c3ccc(F)cc3)nc2cc1NC(=O)[C@H](C)Oc1ccc(Cl)cc1Cl. The van der Waals surface area contributed by atoms with Gasteiger partial charge in [0.1, 0.15) is 22.6 Å². The molecule has 6 nitrogen and oxygen atoms in total. The lowest BCUT2D eigenvalue weighted by atomic mass is 10.1. The van der Waals surface area contributed by atoms with Gasteiger partial charge in [-0.2, -0.15) is 4.80 Å². The molecule has 0 aliphatic carbocycles. The van der Waals surface area contributed by atoms with Crippen molar-refractivity contribution in [3.05, 3.63) is 76.0 Å². The Kier molecular flexibility index (Phi) is 5.80. The number of nitrogens with one attached hydrogen (secondary N) is 1. The minimum atomic E-state index is -0.802. The summed E-state index contributed by atoms with van der Waals surface area (Å²) in [7, 11) is 0. The van der Waals surface area contributed by atoms with Crippen molar-refractivity contribution in [1.29, 1.82) is 0 Å². The number of anilines is 1. The van der Waals surface area contributed by atoms with Gasteiger partial charge in [-0.1, -0.05) is 23.2 Å². The summed E-state index contributed by atoms with van der Waals surface area (Å²) in [5.74, 6) is -0.319. The summed E-state index contributed by atoms with van der Waals surface area (Å²) in [5, 5.41) is 12.5. The Balaban J connectivity index is 1.53. The number of benzene rings is 3. The molecule has 3 aromatic carbocycles. The van der Waals surface area contributed by atoms with Crippen molar-refractivity contribution in [3.63, 3.8) is 0 Å². The number of rotatable bonds is 5. The van der Waals surface area contributed by atoms with E-state index in [-0.39, 0.29) is 11.7 Å². The third-order valence-corrected chi connectivity index (χ3v) is 5.14. The Bertz CT molecular complexity index is 1270. The fourth-order valence-corrected chi connectivity index (χ4v) is 3.39. The van der Waals surface area contributed by atoms with Crippen molar-refractivity contribution in [2.24, 2.45) is 0 Å². The molecule has 9 heteroatoms. The number of carbonyl (C=O) groups excluding carboxylic acids is 1. The predicted octanol–water partition coefficient (Wildman–Crippen LogP) is 5.58. The fourth-order valence-electron chi connectivity index (χ4n) is 2.94. The van der Waals surface area contributed by atoms with E-state index in [1.807, 2.05) is 13.0 Å². The van der Waals surface area contributed by atoms with E-state index >= 15 is 0 Å². The number of hydrogen-bond donors (Lipinski definition) is 1. The van der Waals surface area contributed by atoms with Gasteiger partial charge in [0.2, 0.25) is 0 Å². The van der Waals surface area contributed by atoms with Gasteiger partial charge in [0.05, 0.1) is 10.7 Å². The third kappa shape index (κ3) is 4.62. The van der Waals surface area contributed by atoms with Gasteiger partial charge >= 0.3 is 0 Å². The average Bonchev–Trinajstić information content (AvgIpc) is 3.13. The lowest BCUT2D eigenvalue weighted by Crippen LogP contribution is -2.30. The number of hydrogen-bond acceptors (Lipinski definition) is 4. The molecule has 0 spiro atoms. The number of fused-ring (bicyclic) bond motifs is 1. The first-order chi connectivity index (χ1) is 14.8. The molecule has 158 valence electrons. The molecule has 1 atom stereocenters. The number of carbonyl (C=O) groups is 1. The number of ether oxygens (including phenoxy) is 1. The van der Waals surface area contributed by atoms with Crippen LogP contribution in [0, 0.1) is 12.7 Å². The van der Waals surface area contributed by atoms with Crippen molar-refractivity contribution in [1.82, 2.24) is 15.0 Å². The molecule has 31 heavy (non-hydrogen) atoms. The van der Waals surface area contributed by atoms with Gasteiger partial charge in [-0.15, -0.1) is 10.2 Å². The molecule has 1 amide bonds. The van der Waals surface area contributed by atoms with Gasteiger partial charge in [0.15, 0.2) is 6.10 Å². The number of aryl methyl sites for hydroxylation is 1. The van der Waals surface area contributed by atoms with Crippen molar-refractivity contribution in [2.45, 2.75) is 20.0 Å². The second-order valence-corrected chi connectivity index (χ2v) is 7.79. The van der Waals surface area contributed by atoms with Crippen LogP contribution >= 0.6 is 23.2 Å². The van der Waals surface area contributed by atoms with Crippen LogP contribution < -0.4 is 10.1 Å². The first kappa shape index (κ1) is 21.1. The fraction of sp³-hybridized carbons (Fsp3) is 0.136. The van der Waals surface area contributed by atoms with Crippen LogP contribution in [0.4, 0.5) is 10.1 Å². The highest BCUT2D eigenvalue weighted by molar-refractivity contribution is 6.35. The molecule has 4 aromatic rings. The molecule has 0 aliphatic rings. The predicted molar refractivity (Wildman–Crippen MR) is 119 cm³/mol. The van der Waals surface area contributed by atoms with Crippen molar-refractivity contribution >= 4 is 45.8 Å². The summed E-state index contributed by atoms with van der Waals surface area (Å²) in [4.78, 5) is 14.1. The number of halogens is 3. The summed E-state index contributed by atoms with van der Waals surface area (Å²) in [6, 6.07) is 14.2. The maximum atomic E-state index is 13.2. The van der Waals surface area contributed by atoms with Crippen LogP contribution in [0.2, 0.25) is 10.0 Å². The van der Waals surface area contributed by atoms with Gasteiger partial charge in [-0.25, -0.2) is 4.39 Å². The molecule has 0 aliphatic heterocycles. The minimum absolute atomic E-state index is 0.321. The highest BCUT2D eigenvalue weighted by atomic mass is 35.5. The van der Waals surface area contributed by atoms with Crippen LogP contribution in [-0.4, -0.2) is 27.0 Å². The zero-order valence-electron chi connectivity index (χ0n) is 16.6. The molecule has 0 saturated carbocycles. The summed E-state index contributed by atoms with van der Waals surface area (Å²) in [5.41, 5.74) is 3.25. The maximum absolute atomic E-state index is 13.2. The second kappa shape index (κ2) is 8.53. The first-order valence-electron chi connectivity index (χ1n) is 9.36. The quantitative estimate of drug-likeness (QED) is 0.423. The smallest absolute Gasteiger partial charge is 0.265 e. The zero-order valence-corrected chi connectivity index (χ0v) is 18.1. The minimum Gasteiger partial charge on any atom is -0.479 e. The molecular weight excluding hydrogens is 442 g/mol.